The molecule has 0 aromatic carbocycles. The summed E-state index contributed by atoms with van der Waals surface area (Å²) in [6, 6.07) is 0. The monoisotopic (exact) mass is 140 g/mol. The molecule has 1 nitrogen and oxygen atoms in total. The van der Waals surface area contributed by atoms with Crippen LogP contribution in [0.25, 0.3) is 0 Å². The first-order valence-corrected chi connectivity index (χ1v) is 4.39. The highest BCUT2D eigenvalue weighted by molar-refractivity contribution is 4.90. The summed E-state index contributed by atoms with van der Waals surface area (Å²) in [5.41, 5.74) is 0. The molecule has 1 saturated carbocycles. The molecule has 0 aromatic rings. The smallest absolute Gasteiger partial charge is 0.0581 e. The molecule has 1 aliphatic heterocycles. The van der Waals surface area contributed by atoms with Gasteiger partial charge in [-0.3, -0.25) is 0 Å². The van der Waals surface area contributed by atoms with E-state index in [-0.39, 0.29) is 0 Å². The molecule has 1 aliphatic carbocycles. The molecular formula is C9H16O. The molecule has 10 heavy (non-hydrogen) atoms. The van der Waals surface area contributed by atoms with Crippen LogP contribution in [-0.4, -0.2) is 12.7 Å². The summed E-state index contributed by atoms with van der Waals surface area (Å²) in [6.07, 6.45) is 3.32. The van der Waals surface area contributed by atoms with Gasteiger partial charge in [0, 0.05) is 0 Å². The number of ether oxygens (including phenoxy) is 1. The second-order valence-corrected chi connectivity index (χ2v) is 4.09. The van der Waals surface area contributed by atoms with Gasteiger partial charge in [-0.1, -0.05) is 13.8 Å². The van der Waals surface area contributed by atoms with Gasteiger partial charge in [-0.25, -0.2) is 0 Å². The molecule has 1 saturated heterocycles. The Labute approximate surface area is 62.8 Å². The minimum Gasteiger partial charge on any atom is -0.378 e. The SMILES string of the molecule is CC(C)[C@H]1C[C@H]2C[C@@H]1CO2. The summed E-state index contributed by atoms with van der Waals surface area (Å²) in [7, 11) is 0. The molecule has 2 bridgehead atoms. The van der Waals surface area contributed by atoms with Crippen molar-refractivity contribution < 1.29 is 4.74 Å². The molecule has 0 aromatic heterocycles. The van der Waals surface area contributed by atoms with Crippen molar-refractivity contribution in [2.24, 2.45) is 17.8 Å². The van der Waals surface area contributed by atoms with Crippen LogP contribution < -0.4 is 0 Å². The molecule has 58 valence electrons. The van der Waals surface area contributed by atoms with Gasteiger partial charge in [-0.15, -0.1) is 0 Å². The molecule has 2 rings (SSSR count). The zero-order chi connectivity index (χ0) is 7.14. The van der Waals surface area contributed by atoms with Crippen LogP contribution in [0.1, 0.15) is 26.7 Å². The van der Waals surface area contributed by atoms with Gasteiger partial charge < -0.3 is 4.74 Å². The number of rotatable bonds is 1. The largest absolute Gasteiger partial charge is 0.378 e. The van der Waals surface area contributed by atoms with E-state index in [1.54, 1.807) is 0 Å². The first-order valence-electron chi connectivity index (χ1n) is 4.39. The lowest BCUT2D eigenvalue weighted by atomic mass is 9.86. The van der Waals surface area contributed by atoms with Gasteiger partial charge in [0.2, 0.25) is 0 Å². The Kier molecular flexibility index (Phi) is 1.48. The van der Waals surface area contributed by atoms with Gasteiger partial charge in [0.1, 0.15) is 0 Å². The standard InChI is InChI=1S/C9H16O/c1-6(2)9-4-8-3-7(9)5-10-8/h6-9H,3-5H2,1-2H3/t7-,8-,9-/m1/s1. The fourth-order valence-electron chi connectivity index (χ4n) is 2.51. The van der Waals surface area contributed by atoms with Crippen LogP contribution in [0.3, 0.4) is 0 Å². The first kappa shape index (κ1) is 6.66. The molecule has 1 heterocycles. The van der Waals surface area contributed by atoms with Gasteiger partial charge in [0.25, 0.3) is 0 Å². The van der Waals surface area contributed by atoms with Crippen molar-refractivity contribution >= 4 is 0 Å². The molecule has 0 amide bonds. The minimum atomic E-state index is 0.636. The topological polar surface area (TPSA) is 9.23 Å². The maximum Gasteiger partial charge on any atom is 0.0581 e. The molecular weight excluding hydrogens is 124 g/mol. The Morgan fingerprint density at radius 2 is 2.10 bits per heavy atom. The van der Waals surface area contributed by atoms with Crippen molar-refractivity contribution in [3.63, 3.8) is 0 Å². The van der Waals surface area contributed by atoms with Crippen LogP contribution in [-0.2, 0) is 4.74 Å². The molecule has 0 unspecified atom stereocenters. The third-order valence-corrected chi connectivity index (χ3v) is 3.11. The molecule has 0 spiro atoms. The Balaban J connectivity index is 2.02. The Hall–Kier alpha value is -0.0400. The van der Waals surface area contributed by atoms with Crippen LogP contribution in [0, 0.1) is 17.8 Å². The van der Waals surface area contributed by atoms with Crippen LogP contribution >= 0.6 is 0 Å². The Bertz CT molecular complexity index is 131. The molecule has 3 atom stereocenters. The third-order valence-electron chi connectivity index (χ3n) is 3.11. The van der Waals surface area contributed by atoms with E-state index in [9.17, 15) is 0 Å². The highest BCUT2D eigenvalue weighted by Crippen LogP contribution is 2.43. The van der Waals surface area contributed by atoms with E-state index in [0.717, 1.165) is 24.4 Å². The lowest BCUT2D eigenvalue weighted by Gasteiger charge is -2.24. The number of fused-ring (bicyclic) bond motifs is 2. The zero-order valence-electron chi connectivity index (χ0n) is 6.84. The minimum absolute atomic E-state index is 0.636. The van der Waals surface area contributed by atoms with E-state index in [2.05, 4.69) is 13.8 Å². The number of hydrogen-bond acceptors (Lipinski definition) is 1. The normalized spacial score (nSPS) is 45.3. The van der Waals surface area contributed by atoms with Crippen molar-refractivity contribution in [1.29, 1.82) is 0 Å². The average Bonchev–Trinajstić information content (AvgIpc) is 2.44. The predicted molar refractivity (Wildman–Crippen MR) is 40.8 cm³/mol. The summed E-state index contributed by atoms with van der Waals surface area (Å²) >= 11 is 0. The van der Waals surface area contributed by atoms with E-state index in [1.165, 1.54) is 12.8 Å². The average molecular weight is 140 g/mol. The Morgan fingerprint density at radius 1 is 1.30 bits per heavy atom. The Morgan fingerprint density at radius 3 is 2.40 bits per heavy atom. The second kappa shape index (κ2) is 2.23. The molecule has 0 N–H and O–H groups in total. The fourth-order valence-corrected chi connectivity index (χ4v) is 2.51. The van der Waals surface area contributed by atoms with Gasteiger partial charge >= 0.3 is 0 Å². The third kappa shape index (κ3) is 0.878. The maximum absolute atomic E-state index is 5.53. The van der Waals surface area contributed by atoms with Crippen LogP contribution in [0.5, 0.6) is 0 Å². The lowest BCUT2D eigenvalue weighted by molar-refractivity contribution is 0.0403. The first-order chi connectivity index (χ1) is 4.77. The van der Waals surface area contributed by atoms with Crippen molar-refractivity contribution in [3.05, 3.63) is 0 Å². The van der Waals surface area contributed by atoms with Crippen LogP contribution in [0.4, 0.5) is 0 Å². The van der Waals surface area contributed by atoms with E-state index < -0.39 is 0 Å². The highest BCUT2D eigenvalue weighted by atomic mass is 16.5. The van der Waals surface area contributed by atoms with Gasteiger partial charge in [0.05, 0.1) is 12.7 Å². The predicted octanol–water partition coefficient (Wildman–Crippen LogP) is 2.07. The van der Waals surface area contributed by atoms with Gasteiger partial charge in [-0.05, 0) is 30.6 Å². The maximum atomic E-state index is 5.53. The number of hydrogen-bond donors (Lipinski definition) is 0. The summed E-state index contributed by atoms with van der Waals surface area (Å²) in [4.78, 5) is 0. The molecule has 0 radical (unpaired) electrons. The summed E-state index contributed by atoms with van der Waals surface area (Å²) in [6.45, 7) is 5.73. The van der Waals surface area contributed by atoms with E-state index in [1.807, 2.05) is 0 Å². The van der Waals surface area contributed by atoms with E-state index in [0.29, 0.717) is 6.10 Å². The quantitative estimate of drug-likeness (QED) is 0.541. The summed E-state index contributed by atoms with van der Waals surface area (Å²) < 4.78 is 5.53. The van der Waals surface area contributed by atoms with Crippen LogP contribution in [0.15, 0.2) is 0 Å². The van der Waals surface area contributed by atoms with Crippen molar-refractivity contribution in [3.8, 4) is 0 Å². The van der Waals surface area contributed by atoms with E-state index in [4.69, 9.17) is 4.74 Å². The second-order valence-electron chi connectivity index (χ2n) is 4.09. The van der Waals surface area contributed by atoms with Crippen molar-refractivity contribution in [2.75, 3.05) is 6.61 Å². The molecule has 1 heteroatoms. The zero-order valence-corrected chi connectivity index (χ0v) is 6.84. The highest BCUT2D eigenvalue weighted by Gasteiger charge is 2.41. The van der Waals surface area contributed by atoms with Crippen LogP contribution in [0.2, 0.25) is 0 Å². The molecule has 2 fully saturated rings. The fraction of sp³-hybridized carbons (Fsp3) is 1.00. The van der Waals surface area contributed by atoms with Gasteiger partial charge in [0.15, 0.2) is 0 Å². The van der Waals surface area contributed by atoms with Gasteiger partial charge in [-0.2, -0.15) is 0 Å². The van der Waals surface area contributed by atoms with Crippen molar-refractivity contribution in [1.82, 2.24) is 0 Å². The lowest BCUT2D eigenvalue weighted by Crippen LogP contribution is -2.21. The van der Waals surface area contributed by atoms with E-state index >= 15 is 0 Å². The van der Waals surface area contributed by atoms with Crippen molar-refractivity contribution in [2.45, 2.75) is 32.8 Å². The summed E-state index contributed by atoms with van der Waals surface area (Å²) in [5, 5.41) is 0. The summed E-state index contributed by atoms with van der Waals surface area (Å²) in [5.74, 6) is 2.75. The molecule has 2 aliphatic rings.